The number of phenols is 1. The van der Waals surface area contributed by atoms with Crippen LogP contribution in [0.3, 0.4) is 0 Å². The van der Waals surface area contributed by atoms with Gasteiger partial charge in [0.25, 0.3) is 5.91 Å². The van der Waals surface area contributed by atoms with Crippen LogP contribution in [-0.2, 0) is 15.7 Å². The lowest BCUT2D eigenvalue weighted by atomic mass is 9.77. The fourth-order valence-electron chi connectivity index (χ4n) is 3.01. The molecule has 0 saturated carbocycles. The Labute approximate surface area is 162 Å². The van der Waals surface area contributed by atoms with Crippen LogP contribution < -0.4 is 0 Å². The van der Waals surface area contributed by atoms with E-state index >= 15 is 0 Å². The maximum absolute atomic E-state index is 12.2. The molecular weight excluding hydrogens is 338 g/mol. The van der Waals surface area contributed by atoms with Gasteiger partial charge in [-0.1, -0.05) is 53.7 Å². The molecule has 0 atom stereocenters. The number of aromatic hydroxyl groups is 1. The fourth-order valence-corrected chi connectivity index (χ4v) is 3.01. The van der Waals surface area contributed by atoms with Crippen molar-refractivity contribution in [3.8, 4) is 16.9 Å². The SMILES string of the molecule is CON(C)C(=O)c1ccc(-c2cc(C(C)(C)C)c(O)c(C(C)(C)C)c2)cc1. The number of amides is 1. The van der Waals surface area contributed by atoms with Crippen LogP contribution in [0.15, 0.2) is 36.4 Å². The first-order chi connectivity index (χ1) is 12.4. The molecule has 0 aliphatic rings. The van der Waals surface area contributed by atoms with E-state index in [0.29, 0.717) is 11.3 Å². The van der Waals surface area contributed by atoms with Crippen LogP contribution in [0.25, 0.3) is 11.1 Å². The van der Waals surface area contributed by atoms with Crippen molar-refractivity contribution in [2.75, 3.05) is 14.2 Å². The van der Waals surface area contributed by atoms with Gasteiger partial charge in [-0.15, -0.1) is 0 Å². The predicted molar refractivity (Wildman–Crippen MR) is 110 cm³/mol. The molecule has 2 aromatic rings. The number of carbonyl (C=O) groups is 1. The van der Waals surface area contributed by atoms with Crippen molar-refractivity contribution in [3.05, 3.63) is 53.1 Å². The molecule has 4 heteroatoms. The van der Waals surface area contributed by atoms with E-state index in [2.05, 4.69) is 41.5 Å². The van der Waals surface area contributed by atoms with E-state index in [4.69, 9.17) is 4.84 Å². The highest BCUT2D eigenvalue weighted by atomic mass is 16.7. The van der Waals surface area contributed by atoms with E-state index in [9.17, 15) is 9.90 Å². The molecule has 2 aromatic carbocycles. The lowest BCUT2D eigenvalue weighted by Gasteiger charge is -2.28. The lowest BCUT2D eigenvalue weighted by molar-refractivity contribution is -0.0756. The molecule has 2 rings (SSSR count). The Morgan fingerprint density at radius 3 is 1.70 bits per heavy atom. The van der Waals surface area contributed by atoms with Crippen LogP contribution in [0, 0.1) is 0 Å². The van der Waals surface area contributed by atoms with Crippen LogP contribution in [0.5, 0.6) is 5.75 Å². The average Bonchev–Trinajstić information content (AvgIpc) is 2.58. The van der Waals surface area contributed by atoms with E-state index in [-0.39, 0.29) is 16.7 Å². The zero-order chi connectivity index (χ0) is 20.6. The summed E-state index contributed by atoms with van der Waals surface area (Å²) < 4.78 is 0. The van der Waals surface area contributed by atoms with Gasteiger partial charge in [0.1, 0.15) is 5.75 Å². The summed E-state index contributed by atoms with van der Waals surface area (Å²) in [6.45, 7) is 12.6. The molecule has 1 N–H and O–H groups in total. The molecule has 0 aromatic heterocycles. The maximum atomic E-state index is 12.2. The first-order valence-corrected chi connectivity index (χ1v) is 9.17. The van der Waals surface area contributed by atoms with Gasteiger partial charge in [-0.05, 0) is 46.2 Å². The van der Waals surface area contributed by atoms with Crippen molar-refractivity contribution in [2.24, 2.45) is 0 Å². The number of hydrogen-bond acceptors (Lipinski definition) is 3. The first-order valence-electron chi connectivity index (χ1n) is 9.17. The van der Waals surface area contributed by atoms with Crippen LogP contribution in [0.1, 0.15) is 63.0 Å². The Kier molecular flexibility index (Phi) is 5.71. The first kappa shape index (κ1) is 21.0. The number of phenolic OH excluding ortho intramolecular Hbond substituents is 1. The fraction of sp³-hybridized carbons (Fsp3) is 0.435. The topological polar surface area (TPSA) is 49.8 Å². The van der Waals surface area contributed by atoms with E-state index in [1.807, 2.05) is 24.3 Å². The van der Waals surface area contributed by atoms with E-state index < -0.39 is 0 Å². The van der Waals surface area contributed by atoms with Crippen molar-refractivity contribution >= 4 is 5.91 Å². The molecule has 0 heterocycles. The third-order valence-corrected chi connectivity index (χ3v) is 4.75. The molecular formula is C23H31NO3. The minimum Gasteiger partial charge on any atom is -0.507 e. The minimum absolute atomic E-state index is 0.183. The highest BCUT2D eigenvalue weighted by Crippen LogP contribution is 2.41. The number of benzene rings is 2. The molecule has 27 heavy (non-hydrogen) atoms. The van der Waals surface area contributed by atoms with Gasteiger partial charge in [-0.2, -0.15) is 0 Å². The van der Waals surface area contributed by atoms with Crippen LogP contribution in [0.2, 0.25) is 0 Å². The highest BCUT2D eigenvalue weighted by molar-refractivity contribution is 5.93. The monoisotopic (exact) mass is 369 g/mol. The standard InChI is InChI=1S/C23H31NO3/c1-22(2,3)18-13-17(14-19(20(18)25)23(4,5)6)15-9-11-16(12-10-15)21(26)24(7)27-8/h9-14,25H,1-8H3. The molecule has 0 radical (unpaired) electrons. The normalized spacial score (nSPS) is 12.1. The smallest absolute Gasteiger partial charge is 0.277 e. The summed E-state index contributed by atoms with van der Waals surface area (Å²) in [6.07, 6.45) is 0. The van der Waals surface area contributed by atoms with Gasteiger partial charge in [0.2, 0.25) is 0 Å². The maximum Gasteiger partial charge on any atom is 0.277 e. The van der Waals surface area contributed by atoms with E-state index in [0.717, 1.165) is 22.3 Å². The van der Waals surface area contributed by atoms with Gasteiger partial charge in [-0.3, -0.25) is 9.63 Å². The largest absolute Gasteiger partial charge is 0.507 e. The molecule has 1 amide bonds. The summed E-state index contributed by atoms with van der Waals surface area (Å²) in [5.41, 5.74) is 4.07. The minimum atomic E-state index is -0.194. The van der Waals surface area contributed by atoms with Crippen LogP contribution in [-0.4, -0.2) is 30.2 Å². The molecule has 0 saturated heterocycles. The summed E-state index contributed by atoms with van der Waals surface area (Å²) in [5.74, 6) is 0.174. The Hall–Kier alpha value is -2.33. The number of hydrogen-bond donors (Lipinski definition) is 1. The number of nitrogens with zero attached hydrogens (tertiary/aromatic N) is 1. The predicted octanol–water partition coefficient (Wildman–Crippen LogP) is 5.29. The van der Waals surface area contributed by atoms with Crippen LogP contribution >= 0.6 is 0 Å². The second-order valence-electron chi connectivity index (χ2n) is 8.98. The third kappa shape index (κ3) is 4.51. The Balaban J connectivity index is 2.57. The van der Waals surface area contributed by atoms with Crippen molar-refractivity contribution in [1.82, 2.24) is 5.06 Å². The molecule has 0 fully saturated rings. The van der Waals surface area contributed by atoms with E-state index in [1.165, 1.54) is 12.2 Å². The Morgan fingerprint density at radius 1 is 0.889 bits per heavy atom. The molecule has 146 valence electrons. The van der Waals surface area contributed by atoms with Crippen molar-refractivity contribution in [1.29, 1.82) is 0 Å². The quantitative estimate of drug-likeness (QED) is 0.748. The highest BCUT2D eigenvalue weighted by Gasteiger charge is 2.26. The van der Waals surface area contributed by atoms with Crippen molar-refractivity contribution in [2.45, 2.75) is 52.4 Å². The third-order valence-electron chi connectivity index (χ3n) is 4.75. The summed E-state index contributed by atoms with van der Waals surface area (Å²) in [5, 5.41) is 12.1. The zero-order valence-corrected chi connectivity index (χ0v) is 17.7. The average molecular weight is 370 g/mol. The van der Waals surface area contributed by atoms with Crippen molar-refractivity contribution in [3.63, 3.8) is 0 Å². The zero-order valence-electron chi connectivity index (χ0n) is 17.7. The van der Waals surface area contributed by atoms with Gasteiger partial charge < -0.3 is 5.11 Å². The summed E-state index contributed by atoms with van der Waals surface area (Å²) >= 11 is 0. The van der Waals surface area contributed by atoms with Gasteiger partial charge in [0.15, 0.2) is 0 Å². The Morgan fingerprint density at radius 2 is 1.33 bits per heavy atom. The molecule has 0 aliphatic carbocycles. The van der Waals surface area contributed by atoms with E-state index in [1.54, 1.807) is 19.2 Å². The summed E-state index contributed by atoms with van der Waals surface area (Å²) in [7, 11) is 3.05. The van der Waals surface area contributed by atoms with Gasteiger partial charge >= 0.3 is 0 Å². The second kappa shape index (κ2) is 7.35. The van der Waals surface area contributed by atoms with Crippen LogP contribution in [0.4, 0.5) is 0 Å². The summed E-state index contributed by atoms with van der Waals surface area (Å²) in [6, 6.07) is 11.6. The second-order valence-corrected chi connectivity index (χ2v) is 8.98. The van der Waals surface area contributed by atoms with Crippen molar-refractivity contribution < 1.29 is 14.7 Å². The Bertz CT molecular complexity index is 789. The number of hydroxylamine groups is 2. The molecule has 0 unspecified atom stereocenters. The van der Waals surface area contributed by atoms with Gasteiger partial charge in [0, 0.05) is 23.7 Å². The molecule has 0 bridgehead atoms. The number of rotatable bonds is 3. The molecule has 0 spiro atoms. The summed E-state index contributed by atoms with van der Waals surface area (Å²) in [4.78, 5) is 17.2. The number of carbonyl (C=O) groups excluding carboxylic acids is 1. The molecule has 0 aliphatic heterocycles. The lowest BCUT2D eigenvalue weighted by Crippen LogP contribution is -2.25. The van der Waals surface area contributed by atoms with Gasteiger partial charge in [-0.25, -0.2) is 5.06 Å². The van der Waals surface area contributed by atoms with Gasteiger partial charge in [0.05, 0.1) is 7.11 Å². The molecule has 4 nitrogen and oxygen atoms in total.